The van der Waals surface area contributed by atoms with Crippen LogP contribution in [0.3, 0.4) is 0 Å². The predicted molar refractivity (Wildman–Crippen MR) is 136 cm³/mol. The third kappa shape index (κ3) is 2.90. The van der Waals surface area contributed by atoms with Crippen LogP contribution in [0.5, 0.6) is 0 Å². The maximum absolute atomic E-state index is 8.32. The maximum Gasteiger partial charge on any atom is 0.0417 e. The number of hydrogen-bond acceptors (Lipinski definition) is 1. The number of rotatable bonds is 2. The highest BCUT2D eigenvalue weighted by molar-refractivity contribution is 5.69. The molecular weight excluding hydrogens is 386 g/mol. The number of hydrogen-bond donors (Lipinski definition) is 1. The first kappa shape index (κ1) is 17.0. The van der Waals surface area contributed by atoms with Crippen molar-refractivity contribution in [3.63, 3.8) is 0 Å². The van der Waals surface area contributed by atoms with Gasteiger partial charge in [-0.1, -0.05) is 64.1 Å². The SMILES string of the molecule is [2H]C([2H])([2H])c1cc2c(cc1Nc1ccc3c(c1)C1CCC3c3ccccc31)C(C)(C)CCC2(C)C. The Morgan fingerprint density at radius 2 is 1.34 bits per heavy atom. The Morgan fingerprint density at radius 3 is 2.00 bits per heavy atom. The molecule has 7 rings (SSSR count). The number of benzene rings is 3. The van der Waals surface area contributed by atoms with Crippen LogP contribution in [0.15, 0.2) is 54.6 Å². The molecule has 3 aromatic rings. The van der Waals surface area contributed by atoms with Crippen LogP contribution in [0.4, 0.5) is 11.4 Å². The van der Waals surface area contributed by atoms with Gasteiger partial charge in [-0.25, -0.2) is 0 Å². The van der Waals surface area contributed by atoms with Crippen molar-refractivity contribution >= 4 is 11.4 Å². The van der Waals surface area contributed by atoms with E-state index in [4.69, 9.17) is 4.11 Å². The maximum atomic E-state index is 8.32. The number of anilines is 2. The molecule has 4 aliphatic carbocycles. The lowest BCUT2D eigenvalue weighted by atomic mass is 9.63. The predicted octanol–water partition coefficient (Wildman–Crippen LogP) is 8.46. The van der Waals surface area contributed by atoms with E-state index in [0.29, 0.717) is 17.4 Å². The van der Waals surface area contributed by atoms with E-state index >= 15 is 0 Å². The molecule has 164 valence electrons. The van der Waals surface area contributed by atoms with Crippen molar-refractivity contribution in [1.29, 1.82) is 0 Å². The summed E-state index contributed by atoms with van der Waals surface area (Å²) in [6.07, 6.45) is 4.55. The zero-order valence-electron chi connectivity index (χ0n) is 22.7. The summed E-state index contributed by atoms with van der Waals surface area (Å²) in [7, 11) is 0. The van der Waals surface area contributed by atoms with Gasteiger partial charge in [-0.15, -0.1) is 0 Å². The lowest BCUT2D eigenvalue weighted by Gasteiger charge is -2.42. The Labute approximate surface area is 197 Å². The van der Waals surface area contributed by atoms with Crippen molar-refractivity contribution in [2.45, 2.75) is 82.9 Å². The molecule has 1 N–H and O–H groups in total. The van der Waals surface area contributed by atoms with Gasteiger partial charge in [0.05, 0.1) is 0 Å². The first-order valence-corrected chi connectivity index (χ1v) is 12.1. The second-order valence-electron chi connectivity index (χ2n) is 11.5. The average Bonchev–Trinajstić information content (AvgIpc) is 2.81. The molecule has 3 aromatic carbocycles. The molecule has 0 heterocycles. The zero-order valence-corrected chi connectivity index (χ0v) is 19.7. The molecule has 4 aliphatic rings. The molecule has 0 saturated heterocycles. The van der Waals surface area contributed by atoms with Crippen molar-refractivity contribution in [3.8, 4) is 0 Å². The number of aryl methyl sites for hydroxylation is 1. The summed E-state index contributed by atoms with van der Waals surface area (Å²) in [6.45, 7) is 6.88. The van der Waals surface area contributed by atoms with Crippen molar-refractivity contribution in [2.24, 2.45) is 0 Å². The van der Waals surface area contributed by atoms with Gasteiger partial charge >= 0.3 is 0 Å². The number of fused-ring (bicyclic) bond motifs is 2. The Balaban J connectivity index is 1.44. The van der Waals surface area contributed by atoms with Crippen molar-refractivity contribution in [1.82, 2.24) is 0 Å². The molecule has 0 saturated carbocycles. The van der Waals surface area contributed by atoms with Gasteiger partial charge < -0.3 is 5.32 Å². The lowest BCUT2D eigenvalue weighted by Crippen LogP contribution is -2.34. The van der Waals surface area contributed by atoms with Crippen molar-refractivity contribution < 1.29 is 4.11 Å². The topological polar surface area (TPSA) is 12.0 Å². The van der Waals surface area contributed by atoms with Crippen LogP contribution in [0.1, 0.15) is 108 Å². The molecule has 2 atom stereocenters. The third-order valence-corrected chi connectivity index (χ3v) is 8.60. The Morgan fingerprint density at radius 1 is 0.750 bits per heavy atom. The van der Waals surface area contributed by atoms with Crippen molar-refractivity contribution in [2.75, 3.05) is 5.32 Å². The van der Waals surface area contributed by atoms with Gasteiger partial charge in [0, 0.05) is 27.3 Å². The summed E-state index contributed by atoms with van der Waals surface area (Å²) >= 11 is 0. The molecule has 2 unspecified atom stereocenters. The van der Waals surface area contributed by atoms with Gasteiger partial charge in [-0.2, -0.15) is 0 Å². The zero-order chi connectivity index (χ0) is 24.8. The van der Waals surface area contributed by atoms with E-state index in [9.17, 15) is 0 Å². The second-order valence-corrected chi connectivity index (χ2v) is 11.5. The average molecular weight is 425 g/mol. The van der Waals surface area contributed by atoms with Crippen LogP contribution in [-0.2, 0) is 10.8 Å². The summed E-state index contributed by atoms with van der Waals surface area (Å²) in [5.41, 5.74) is 10.4. The van der Waals surface area contributed by atoms with Gasteiger partial charge in [0.25, 0.3) is 0 Å². The summed E-state index contributed by atoms with van der Waals surface area (Å²) < 4.78 is 25.0. The van der Waals surface area contributed by atoms with Crippen molar-refractivity contribution in [3.05, 3.63) is 93.5 Å². The molecule has 0 aromatic heterocycles. The Kier molecular flexibility index (Phi) is 3.58. The molecule has 1 heteroatoms. The summed E-state index contributed by atoms with van der Waals surface area (Å²) in [5, 5.41) is 3.57. The minimum Gasteiger partial charge on any atom is -0.355 e. The normalized spacial score (nSPS) is 25.6. The van der Waals surface area contributed by atoms with Crippen LogP contribution in [-0.4, -0.2) is 0 Å². The smallest absolute Gasteiger partial charge is 0.0417 e. The molecule has 2 bridgehead atoms. The fourth-order valence-corrected chi connectivity index (χ4v) is 6.58. The monoisotopic (exact) mass is 424 g/mol. The molecule has 0 radical (unpaired) electrons. The minimum atomic E-state index is -2.18. The Hall–Kier alpha value is -2.54. The standard InChI is InChI=1S/C31H35N/c1-19-16-27-28(31(4,5)15-14-30(27,2)3)18-29(19)32-20-10-11-24-23-12-13-25(26(24)17-20)22-9-7-6-8-21(22)23/h6-11,16-18,23,25,32H,12-15H2,1-5H3/i1D3. The fourth-order valence-electron chi connectivity index (χ4n) is 6.58. The lowest BCUT2D eigenvalue weighted by molar-refractivity contribution is 0.332. The highest BCUT2D eigenvalue weighted by Crippen LogP contribution is 2.53. The van der Waals surface area contributed by atoms with E-state index in [1.165, 1.54) is 46.2 Å². The van der Waals surface area contributed by atoms with Crippen LogP contribution in [0, 0.1) is 6.85 Å². The van der Waals surface area contributed by atoms with E-state index < -0.39 is 6.85 Å². The van der Waals surface area contributed by atoms with E-state index in [-0.39, 0.29) is 10.8 Å². The van der Waals surface area contributed by atoms with Gasteiger partial charge in [-0.3, -0.25) is 0 Å². The quantitative estimate of drug-likeness (QED) is 0.435. The molecule has 0 fully saturated rings. The third-order valence-electron chi connectivity index (χ3n) is 8.60. The molecule has 32 heavy (non-hydrogen) atoms. The van der Waals surface area contributed by atoms with Gasteiger partial charge in [0.1, 0.15) is 0 Å². The summed E-state index contributed by atoms with van der Waals surface area (Å²) in [4.78, 5) is 0. The van der Waals surface area contributed by atoms with Crippen LogP contribution in [0.25, 0.3) is 0 Å². The van der Waals surface area contributed by atoms with Crippen LogP contribution in [0.2, 0.25) is 0 Å². The molecule has 0 aliphatic heterocycles. The van der Waals surface area contributed by atoms with Crippen LogP contribution < -0.4 is 5.32 Å². The molecule has 0 amide bonds. The van der Waals surface area contributed by atoms with E-state index in [1.54, 1.807) is 0 Å². The van der Waals surface area contributed by atoms with E-state index in [2.05, 4.69) is 81.5 Å². The molecule has 1 nitrogen and oxygen atoms in total. The summed E-state index contributed by atoms with van der Waals surface area (Å²) in [6, 6.07) is 19.7. The fraction of sp³-hybridized carbons (Fsp3) is 0.419. The molecular formula is C31H35N. The summed E-state index contributed by atoms with van der Waals surface area (Å²) in [5.74, 6) is 0.906. The first-order chi connectivity index (χ1) is 16.5. The first-order valence-electron chi connectivity index (χ1n) is 13.6. The van der Waals surface area contributed by atoms with Crippen LogP contribution >= 0.6 is 0 Å². The minimum absolute atomic E-state index is 0.0211. The van der Waals surface area contributed by atoms with Gasteiger partial charge in [0.2, 0.25) is 0 Å². The largest absolute Gasteiger partial charge is 0.355 e. The number of nitrogens with one attached hydrogen (secondary N) is 1. The highest BCUT2D eigenvalue weighted by Gasteiger charge is 2.38. The van der Waals surface area contributed by atoms with Gasteiger partial charge in [-0.05, 0) is 101 Å². The second kappa shape index (κ2) is 6.73. The van der Waals surface area contributed by atoms with E-state index in [1.807, 2.05) is 6.07 Å². The Bertz CT molecular complexity index is 1330. The highest BCUT2D eigenvalue weighted by atomic mass is 14.9. The van der Waals surface area contributed by atoms with Gasteiger partial charge in [0.15, 0.2) is 0 Å². The van der Waals surface area contributed by atoms with E-state index in [0.717, 1.165) is 24.2 Å². The molecule has 0 spiro atoms.